The lowest BCUT2D eigenvalue weighted by atomic mass is 10.1. The van der Waals surface area contributed by atoms with Gasteiger partial charge in [-0.15, -0.1) is 13.2 Å². The second kappa shape index (κ2) is 10.4. The van der Waals surface area contributed by atoms with Gasteiger partial charge in [0.2, 0.25) is 17.5 Å². The summed E-state index contributed by atoms with van der Waals surface area (Å²) in [4.78, 5) is 42.6. The molecule has 0 atom stereocenters. The van der Waals surface area contributed by atoms with Crippen LogP contribution in [0.15, 0.2) is 54.7 Å². The third-order valence-corrected chi connectivity index (χ3v) is 5.27. The van der Waals surface area contributed by atoms with Crippen LogP contribution < -0.4 is 15.0 Å². The topological polar surface area (TPSA) is 91.8 Å². The molecule has 14 heteroatoms. The highest BCUT2D eigenvalue weighted by Crippen LogP contribution is 2.36. The summed E-state index contributed by atoms with van der Waals surface area (Å²) >= 11 is 0. The normalized spacial score (nSPS) is 13.7. The first-order valence-corrected chi connectivity index (χ1v) is 10.8. The van der Waals surface area contributed by atoms with Crippen LogP contribution in [0.4, 0.5) is 42.6 Å². The molecule has 2 aromatic carbocycles. The van der Waals surface area contributed by atoms with Crippen molar-refractivity contribution in [2.75, 3.05) is 16.8 Å². The first kappa shape index (κ1) is 26.4. The Labute approximate surface area is 210 Å². The van der Waals surface area contributed by atoms with Gasteiger partial charge in [-0.05, 0) is 23.3 Å². The number of anilines is 2. The van der Waals surface area contributed by atoms with Crippen LogP contribution in [0, 0.1) is 17.5 Å². The molecule has 1 fully saturated rings. The molecule has 1 N–H and O–H groups in total. The first-order chi connectivity index (χ1) is 17.9. The number of benzene rings is 2. The van der Waals surface area contributed by atoms with Crippen molar-refractivity contribution in [2.24, 2.45) is 0 Å². The number of nitrogens with zero attached hydrogens (tertiary/aromatic N) is 3. The second-order valence-corrected chi connectivity index (χ2v) is 8.01. The molecule has 4 amide bonds. The number of urea groups is 1. The van der Waals surface area contributed by atoms with Crippen molar-refractivity contribution >= 4 is 29.4 Å². The number of nitrogens with one attached hydrogen (secondary N) is 1. The second-order valence-electron chi connectivity index (χ2n) is 8.01. The van der Waals surface area contributed by atoms with Crippen molar-refractivity contribution in [3.63, 3.8) is 0 Å². The lowest BCUT2D eigenvalue weighted by Crippen LogP contribution is -2.34. The molecule has 3 aromatic rings. The summed E-state index contributed by atoms with van der Waals surface area (Å²) in [5.74, 6) is -9.77. The van der Waals surface area contributed by atoms with E-state index in [0.717, 1.165) is 10.5 Å². The smallest absolute Gasteiger partial charge is 0.399 e. The van der Waals surface area contributed by atoms with Crippen LogP contribution in [0.5, 0.6) is 5.75 Å². The molecule has 1 aliphatic rings. The summed E-state index contributed by atoms with van der Waals surface area (Å²) in [7, 11) is 0. The number of hydrogen-bond donors (Lipinski definition) is 1. The monoisotopic (exact) mass is 538 g/mol. The SMILES string of the molecule is O=C(Cc1ccccc1)Nc1cc(CN2CC(=O)N(c3cc(F)c(OC(F)(F)F)c(F)c3F)C2=O)ccn1. The third kappa shape index (κ3) is 5.85. The molecule has 0 radical (unpaired) electrons. The molecular weight excluding hydrogens is 522 g/mol. The zero-order valence-corrected chi connectivity index (χ0v) is 19.1. The third-order valence-electron chi connectivity index (χ3n) is 5.27. The Balaban J connectivity index is 1.49. The Hall–Kier alpha value is -4.62. The van der Waals surface area contributed by atoms with E-state index in [1.54, 1.807) is 30.3 Å². The lowest BCUT2D eigenvalue weighted by Gasteiger charge is -2.19. The van der Waals surface area contributed by atoms with E-state index in [1.165, 1.54) is 18.3 Å². The van der Waals surface area contributed by atoms with Crippen LogP contribution >= 0.6 is 0 Å². The number of aromatic nitrogens is 1. The van der Waals surface area contributed by atoms with Crippen molar-refractivity contribution in [1.82, 2.24) is 9.88 Å². The average Bonchev–Trinajstić information content (AvgIpc) is 3.11. The van der Waals surface area contributed by atoms with E-state index in [1.807, 2.05) is 0 Å². The maximum Gasteiger partial charge on any atom is 0.573 e. The fourth-order valence-electron chi connectivity index (χ4n) is 3.68. The average molecular weight is 538 g/mol. The van der Waals surface area contributed by atoms with Crippen molar-refractivity contribution in [1.29, 1.82) is 0 Å². The van der Waals surface area contributed by atoms with E-state index in [4.69, 9.17) is 0 Å². The van der Waals surface area contributed by atoms with Gasteiger partial charge in [0.1, 0.15) is 12.4 Å². The molecule has 0 spiro atoms. The van der Waals surface area contributed by atoms with Crippen molar-refractivity contribution in [3.05, 3.63) is 83.3 Å². The zero-order chi connectivity index (χ0) is 27.6. The number of carbonyl (C=O) groups excluding carboxylic acids is 3. The summed E-state index contributed by atoms with van der Waals surface area (Å²) in [5.41, 5.74) is -0.0547. The maximum atomic E-state index is 14.5. The Morgan fingerprint density at radius 3 is 2.39 bits per heavy atom. The van der Waals surface area contributed by atoms with Gasteiger partial charge in [-0.1, -0.05) is 30.3 Å². The van der Waals surface area contributed by atoms with E-state index < -0.39 is 53.7 Å². The fourth-order valence-corrected chi connectivity index (χ4v) is 3.68. The largest absolute Gasteiger partial charge is 0.573 e. The van der Waals surface area contributed by atoms with Crippen LogP contribution in [0.2, 0.25) is 0 Å². The minimum atomic E-state index is -5.52. The van der Waals surface area contributed by atoms with Gasteiger partial charge in [0, 0.05) is 18.8 Å². The number of ether oxygens (including phenoxy) is 1. The number of amides is 4. The van der Waals surface area contributed by atoms with Crippen molar-refractivity contribution in [3.8, 4) is 5.75 Å². The van der Waals surface area contributed by atoms with Crippen LogP contribution in [0.3, 0.4) is 0 Å². The molecule has 1 saturated heterocycles. The van der Waals surface area contributed by atoms with Gasteiger partial charge in [-0.2, -0.15) is 4.39 Å². The van der Waals surface area contributed by atoms with E-state index in [0.29, 0.717) is 5.56 Å². The van der Waals surface area contributed by atoms with E-state index in [-0.39, 0.29) is 35.7 Å². The summed E-state index contributed by atoms with van der Waals surface area (Å²) in [6.45, 7) is -0.868. The molecule has 38 heavy (non-hydrogen) atoms. The first-order valence-electron chi connectivity index (χ1n) is 10.8. The molecule has 0 bridgehead atoms. The van der Waals surface area contributed by atoms with E-state index >= 15 is 0 Å². The van der Waals surface area contributed by atoms with Gasteiger partial charge >= 0.3 is 12.4 Å². The van der Waals surface area contributed by atoms with E-state index in [9.17, 15) is 40.7 Å². The number of halogens is 6. The minimum absolute atomic E-state index is 0.0611. The van der Waals surface area contributed by atoms with Gasteiger partial charge in [0.05, 0.1) is 12.1 Å². The predicted octanol–water partition coefficient (Wildman–Crippen LogP) is 4.55. The lowest BCUT2D eigenvalue weighted by molar-refractivity contribution is -0.276. The Bertz CT molecular complexity index is 1400. The molecule has 0 aliphatic carbocycles. The van der Waals surface area contributed by atoms with Gasteiger partial charge < -0.3 is 15.0 Å². The highest BCUT2D eigenvalue weighted by Gasteiger charge is 2.41. The van der Waals surface area contributed by atoms with Gasteiger partial charge in [-0.25, -0.2) is 23.5 Å². The van der Waals surface area contributed by atoms with Crippen LogP contribution in [-0.4, -0.2) is 40.6 Å². The Kier molecular flexibility index (Phi) is 7.23. The zero-order valence-electron chi connectivity index (χ0n) is 19.1. The molecule has 0 saturated carbocycles. The summed E-state index contributed by atoms with van der Waals surface area (Å²) in [5, 5.41) is 2.60. The van der Waals surface area contributed by atoms with Crippen molar-refractivity contribution < 1.29 is 45.5 Å². The molecule has 1 aliphatic heterocycles. The molecule has 4 rings (SSSR count). The number of imide groups is 1. The van der Waals surface area contributed by atoms with Crippen LogP contribution in [0.25, 0.3) is 0 Å². The highest BCUT2D eigenvalue weighted by atomic mass is 19.4. The molecule has 2 heterocycles. The number of hydrogen-bond acceptors (Lipinski definition) is 5. The van der Waals surface area contributed by atoms with Gasteiger partial charge in [-0.3, -0.25) is 9.59 Å². The Morgan fingerprint density at radius 2 is 1.71 bits per heavy atom. The predicted molar refractivity (Wildman–Crippen MR) is 119 cm³/mol. The molecular formula is C24H16F6N4O4. The maximum absolute atomic E-state index is 14.5. The highest BCUT2D eigenvalue weighted by molar-refractivity contribution is 6.19. The van der Waals surface area contributed by atoms with E-state index in [2.05, 4.69) is 15.0 Å². The fraction of sp³-hybridized carbons (Fsp3) is 0.167. The number of carbonyl (C=O) groups is 3. The molecule has 1 aromatic heterocycles. The molecule has 198 valence electrons. The summed E-state index contributed by atoms with van der Waals surface area (Å²) < 4.78 is 83.1. The molecule has 8 nitrogen and oxygen atoms in total. The summed E-state index contributed by atoms with van der Waals surface area (Å²) in [6.07, 6.45) is -4.11. The number of alkyl halides is 3. The van der Waals surface area contributed by atoms with Gasteiger partial charge in [0.25, 0.3) is 5.91 Å². The number of rotatable bonds is 7. The minimum Gasteiger partial charge on any atom is -0.399 e. The van der Waals surface area contributed by atoms with Crippen LogP contribution in [0.1, 0.15) is 11.1 Å². The molecule has 0 unspecified atom stereocenters. The van der Waals surface area contributed by atoms with Crippen molar-refractivity contribution in [2.45, 2.75) is 19.3 Å². The standard InChI is InChI=1S/C24H16F6N4O4/c25-15-10-16(20(26)21(27)22(15)38-24(28,29)30)34-19(36)12-33(23(34)37)11-14-6-7-31-17(8-14)32-18(35)9-13-4-2-1-3-5-13/h1-8,10H,9,11-12H2,(H,31,32,35). The summed E-state index contributed by atoms with van der Waals surface area (Å²) in [6, 6.07) is 10.7. The van der Waals surface area contributed by atoms with Gasteiger partial charge in [0.15, 0.2) is 11.6 Å². The number of pyridine rings is 1. The van der Waals surface area contributed by atoms with Crippen LogP contribution in [-0.2, 0) is 22.6 Å². The quantitative estimate of drug-likeness (QED) is 0.271. The Morgan fingerprint density at radius 1 is 1.00 bits per heavy atom.